The third-order valence-electron chi connectivity index (χ3n) is 5.74. The number of rotatable bonds is 8. The van der Waals surface area contributed by atoms with Gasteiger partial charge < -0.3 is 17.4 Å². The van der Waals surface area contributed by atoms with Crippen LogP contribution in [-0.2, 0) is 33.1 Å². The van der Waals surface area contributed by atoms with E-state index in [1.165, 1.54) is 33.5 Å². The molecule has 5 heteroatoms. The third kappa shape index (κ3) is 13.8. The van der Waals surface area contributed by atoms with E-state index >= 15 is 0 Å². The smallest absolute Gasteiger partial charge is 0.787 e. The molecule has 0 saturated heterocycles. The van der Waals surface area contributed by atoms with Gasteiger partial charge in [-0.3, -0.25) is 0 Å². The molecular weight excluding hydrogens is 661 g/mol. The molecule has 0 radical (unpaired) electrons. The van der Waals surface area contributed by atoms with E-state index in [-0.39, 0.29) is 41.0 Å². The molecule has 220 valence electrons. The standard InChI is InChI=1S/C26H24P2.C7H7O.C4H10S.Pd/c1-5-13-23(14-6-1)27(24-15-7-2-8-16-24)21-22-28(25-17-9-3-10-18-25)26-19-11-4-12-20-26;1-8-7-5-3-2-4-6-7;1-4(2,3)5;/h1-20H,21-22H2;3-6H,1H3;5H,1-3H3;/q;-1;;+2/p-1. The summed E-state index contributed by atoms with van der Waals surface area (Å²) in [6.45, 7) is 6.01. The zero-order valence-electron chi connectivity index (χ0n) is 24.8. The Morgan fingerprint density at radius 2 is 0.810 bits per heavy atom. The van der Waals surface area contributed by atoms with Crippen LogP contribution in [0.5, 0.6) is 5.75 Å². The van der Waals surface area contributed by atoms with Gasteiger partial charge in [0.25, 0.3) is 0 Å². The molecule has 0 heterocycles. The van der Waals surface area contributed by atoms with E-state index in [0.717, 1.165) is 5.75 Å². The molecule has 5 aromatic carbocycles. The maximum absolute atomic E-state index is 4.89. The maximum Gasteiger partial charge on any atom is 2.00 e. The minimum Gasteiger partial charge on any atom is -0.787 e. The van der Waals surface area contributed by atoms with Crippen molar-refractivity contribution in [1.82, 2.24) is 0 Å². The fourth-order valence-corrected chi connectivity index (χ4v) is 9.31. The van der Waals surface area contributed by atoms with Crippen molar-refractivity contribution < 1.29 is 25.2 Å². The van der Waals surface area contributed by atoms with Gasteiger partial charge in [0.05, 0.1) is 7.11 Å². The molecule has 0 aromatic heterocycles. The van der Waals surface area contributed by atoms with Gasteiger partial charge in [-0.1, -0.05) is 142 Å². The Morgan fingerprint density at radius 3 is 1.02 bits per heavy atom. The van der Waals surface area contributed by atoms with Gasteiger partial charge in [-0.2, -0.15) is 22.9 Å². The summed E-state index contributed by atoms with van der Waals surface area (Å²) in [7, 11) is 0.952. The molecule has 0 atom stereocenters. The Kier molecular flexibility index (Phi) is 17.0. The van der Waals surface area contributed by atoms with Crippen molar-refractivity contribution in [3.05, 3.63) is 152 Å². The van der Waals surface area contributed by atoms with E-state index < -0.39 is 0 Å². The fraction of sp³-hybridized carbons (Fsp3) is 0.189. The third-order valence-corrected chi connectivity index (χ3v) is 11.1. The number of ether oxygens (including phenoxy) is 1. The van der Waals surface area contributed by atoms with Gasteiger partial charge in [0.2, 0.25) is 0 Å². The molecule has 0 saturated carbocycles. The van der Waals surface area contributed by atoms with Gasteiger partial charge in [-0.05, 0) is 49.4 Å². The molecule has 0 fully saturated rings. The van der Waals surface area contributed by atoms with Crippen molar-refractivity contribution in [1.29, 1.82) is 0 Å². The summed E-state index contributed by atoms with van der Waals surface area (Å²) < 4.78 is 4.98. The van der Waals surface area contributed by atoms with Crippen LogP contribution < -0.4 is 26.0 Å². The first-order chi connectivity index (χ1) is 19.8. The molecular formula is C37H40OP2PdS. The Bertz CT molecular complexity index is 1180. The van der Waals surface area contributed by atoms with Gasteiger partial charge in [0.1, 0.15) is 0 Å². The molecule has 0 aliphatic rings. The first kappa shape index (κ1) is 36.0. The van der Waals surface area contributed by atoms with Crippen LogP contribution in [0, 0.1) is 6.07 Å². The van der Waals surface area contributed by atoms with Crippen LogP contribution in [0.25, 0.3) is 0 Å². The average Bonchev–Trinajstić information content (AvgIpc) is 3.01. The van der Waals surface area contributed by atoms with Crippen LogP contribution >= 0.6 is 15.8 Å². The minimum absolute atomic E-state index is 0. The minimum atomic E-state index is -0.348. The van der Waals surface area contributed by atoms with Crippen LogP contribution in [0.3, 0.4) is 0 Å². The van der Waals surface area contributed by atoms with E-state index in [9.17, 15) is 0 Å². The van der Waals surface area contributed by atoms with Gasteiger partial charge in [0, 0.05) is 5.75 Å². The molecule has 0 amide bonds. The molecule has 5 rings (SSSR count). The van der Waals surface area contributed by atoms with Crippen LogP contribution in [0.2, 0.25) is 0 Å². The molecule has 0 aliphatic carbocycles. The summed E-state index contributed by atoms with van der Waals surface area (Å²) in [6, 6.07) is 54.5. The van der Waals surface area contributed by atoms with Gasteiger partial charge in [-0.25, -0.2) is 0 Å². The van der Waals surface area contributed by atoms with Crippen molar-refractivity contribution in [3.8, 4) is 5.75 Å². The molecule has 42 heavy (non-hydrogen) atoms. The fourth-order valence-electron chi connectivity index (χ4n) is 3.95. The van der Waals surface area contributed by atoms with Crippen LogP contribution in [0.4, 0.5) is 0 Å². The number of methoxy groups -OCH3 is 1. The van der Waals surface area contributed by atoms with Crippen molar-refractivity contribution in [3.63, 3.8) is 0 Å². The molecule has 0 spiro atoms. The van der Waals surface area contributed by atoms with Crippen LogP contribution in [0.15, 0.2) is 146 Å². The van der Waals surface area contributed by atoms with Gasteiger partial charge >= 0.3 is 20.4 Å². The van der Waals surface area contributed by atoms with Gasteiger partial charge in [-0.15, -0.1) is 12.1 Å². The summed E-state index contributed by atoms with van der Waals surface area (Å²) in [6.07, 6.45) is 2.41. The zero-order chi connectivity index (χ0) is 29.3. The summed E-state index contributed by atoms with van der Waals surface area (Å²) in [5.74, 6) is 0.878. The average molecular weight is 701 g/mol. The SMILES string of the molecule is CC(C)(C)[S-].COc1cc[c-]cc1.[Pd+2].c1ccc(P(CCP(c2ccccc2)c2ccccc2)c2ccccc2)cc1. The number of hydrogen-bond donors (Lipinski definition) is 0. The summed E-state index contributed by atoms with van der Waals surface area (Å²) in [5, 5.41) is 5.89. The second-order valence-electron chi connectivity index (χ2n) is 10.2. The van der Waals surface area contributed by atoms with E-state index in [1.54, 1.807) is 7.11 Å². The largest absolute Gasteiger partial charge is 2.00 e. The Balaban J connectivity index is 0.000000367. The van der Waals surface area contributed by atoms with E-state index in [4.69, 9.17) is 17.4 Å². The van der Waals surface area contributed by atoms with Crippen LogP contribution in [0.1, 0.15) is 20.8 Å². The monoisotopic (exact) mass is 700 g/mol. The Labute approximate surface area is 275 Å². The molecule has 5 aromatic rings. The van der Waals surface area contributed by atoms with Crippen molar-refractivity contribution in [2.75, 3.05) is 19.4 Å². The number of benzene rings is 5. The molecule has 0 N–H and O–H groups in total. The van der Waals surface area contributed by atoms with Crippen LogP contribution in [-0.4, -0.2) is 24.2 Å². The molecule has 0 bridgehead atoms. The molecule has 0 unspecified atom stereocenters. The molecule has 1 nitrogen and oxygen atoms in total. The molecule has 0 aliphatic heterocycles. The van der Waals surface area contributed by atoms with Crippen molar-refractivity contribution in [2.24, 2.45) is 0 Å². The predicted molar refractivity (Wildman–Crippen MR) is 187 cm³/mol. The normalized spacial score (nSPS) is 10.5. The van der Waals surface area contributed by atoms with E-state index in [0.29, 0.717) is 0 Å². The summed E-state index contributed by atoms with van der Waals surface area (Å²) in [5.41, 5.74) is 0. The second kappa shape index (κ2) is 19.9. The van der Waals surface area contributed by atoms with E-state index in [1.807, 2.05) is 45.0 Å². The Hall–Kier alpha value is -2.23. The Morgan fingerprint density at radius 1 is 0.548 bits per heavy atom. The predicted octanol–water partition coefficient (Wildman–Crippen LogP) is 8.08. The first-order valence-electron chi connectivity index (χ1n) is 13.8. The van der Waals surface area contributed by atoms with Crippen molar-refractivity contribution >= 4 is 49.7 Å². The first-order valence-corrected chi connectivity index (χ1v) is 17.3. The summed E-state index contributed by atoms with van der Waals surface area (Å²) in [4.78, 5) is 0. The van der Waals surface area contributed by atoms with E-state index in [2.05, 4.69) is 127 Å². The zero-order valence-corrected chi connectivity index (χ0v) is 29.0. The van der Waals surface area contributed by atoms with Gasteiger partial charge in [0.15, 0.2) is 0 Å². The second-order valence-corrected chi connectivity index (χ2v) is 16.1. The number of hydrogen-bond acceptors (Lipinski definition) is 2. The quantitative estimate of drug-likeness (QED) is 0.0701. The topological polar surface area (TPSA) is 9.23 Å². The summed E-state index contributed by atoms with van der Waals surface area (Å²) >= 11 is 4.83. The maximum atomic E-state index is 4.89. The van der Waals surface area contributed by atoms with Crippen molar-refractivity contribution in [2.45, 2.75) is 25.5 Å².